The van der Waals surface area contributed by atoms with E-state index in [2.05, 4.69) is 38.3 Å². The van der Waals surface area contributed by atoms with E-state index in [1.54, 1.807) is 4.31 Å². The minimum atomic E-state index is -3.07. The van der Waals surface area contributed by atoms with Gasteiger partial charge in [0.05, 0.1) is 12.4 Å². The van der Waals surface area contributed by atoms with E-state index in [9.17, 15) is 8.42 Å². The SMILES string of the molecule is CCNC(=NCC1CCN(S(C)(=O)=O)CC1)NCC1CCCOC1C(C)(C)C. The van der Waals surface area contributed by atoms with Crippen LogP contribution in [0.4, 0.5) is 0 Å². The second-order valence-corrected chi connectivity index (χ2v) is 11.2. The number of hydrogen-bond donors (Lipinski definition) is 2. The molecule has 2 heterocycles. The Morgan fingerprint density at radius 3 is 2.43 bits per heavy atom. The molecule has 0 amide bonds. The molecule has 164 valence electrons. The normalized spacial score (nSPS) is 26.2. The molecule has 0 aromatic heterocycles. The average molecular weight is 417 g/mol. The molecule has 2 aliphatic rings. The first-order valence-corrected chi connectivity index (χ1v) is 12.5. The number of piperidine rings is 1. The molecule has 0 bridgehead atoms. The molecular formula is C20H40N4O3S. The Morgan fingerprint density at radius 1 is 1.18 bits per heavy atom. The van der Waals surface area contributed by atoms with Crippen LogP contribution in [0.25, 0.3) is 0 Å². The molecule has 2 fully saturated rings. The van der Waals surface area contributed by atoms with E-state index in [0.29, 0.717) is 24.9 Å². The molecule has 2 rings (SSSR count). The Morgan fingerprint density at radius 2 is 1.86 bits per heavy atom. The van der Waals surface area contributed by atoms with Gasteiger partial charge in [0.1, 0.15) is 0 Å². The van der Waals surface area contributed by atoms with Gasteiger partial charge in [0.15, 0.2) is 5.96 Å². The number of rotatable bonds is 6. The van der Waals surface area contributed by atoms with Crippen LogP contribution in [0, 0.1) is 17.3 Å². The van der Waals surface area contributed by atoms with Crippen LogP contribution in [0.2, 0.25) is 0 Å². The highest BCUT2D eigenvalue weighted by molar-refractivity contribution is 7.88. The van der Waals surface area contributed by atoms with Crippen molar-refractivity contribution < 1.29 is 13.2 Å². The number of ether oxygens (including phenoxy) is 1. The molecule has 8 heteroatoms. The van der Waals surface area contributed by atoms with Gasteiger partial charge in [0.2, 0.25) is 10.0 Å². The van der Waals surface area contributed by atoms with Gasteiger partial charge in [-0.2, -0.15) is 0 Å². The Kier molecular flexibility index (Phi) is 8.58. The van der Waals surface area contributed by atoms with Crippen molar-refractivity contribution in [2.75, 3.05) is 45.6 Å². The molecule has 7 nitrogen and oxygen atoms in total. The Bertz CT molecular complexity index is 607. The van der Waals surface area contributed by atoms with Gasteiger partial charge < -0.3 is 15.4 Å². The van der Waals surface area contributed by atoms with Gasteiger partial charge in [0.25, 0.3) is 0 Å². The van der Waals surface area contributed by atoms with Crippen molar-refractivity contribution in [1.82, 2.24) is 14.9 Å². The van der Waals surface area contributed by atoms with E-state index in [-0.39, 0.29) is 11.5 Å². The summed E-state index contributed by atoms with van der Waals surface area (Å²) >= 11 is 0. The third-order valence-electron chi connectivity index (χ3n) is 5.72. The van der Waals surface area contributed by atoms with E-state index in [1.807, 2.05) is 0 Å². The summed E-state index contributed by atoms with van der Waals surface area (Å²) in [7, 11) is -3.07. The van der Waals surface area contributed by atoms with E-state index in [4.69, 9.17) is 9.73 Å². The summed E-state index contributed by atoms with van der Waals surface area (Å²) in [5, 5.41) is 6.86. The highest BCUT2D eigenvalue weighted by Gasteiger charge is 2.35. The summed E-state index contributed by atoms with van der Waals surface area (Å²) < 4.78 is 31.0. The van der Waals surface area contributed by atoms with E-state index < -0.39 is 10.0 Å². The first-order valence-electron chi connectivity index (χ1n) is 10.7. The fourth-order valence-electron chi connectivity index (χ4n) is 4.22. The van der Waals surface area contributed by atoms with Crippen LogP contribution < -0.4 is 10.6 Å². The minimum absolute atomic E-state index is 0.135. The fourth-order valence-corrected chi connectivity index (χ4v) is 5.10. The number of sulfonamides is 1. The lowest BCUT2D eigenvalue weighted by atomic mass is 9.78. The summed E-state index contributed by atoms with van der Waals surface area (Å²) in [5.41, 5.74) is 0.135. The van der Waals surface area contributed by atoms with Crippen molar-refractivity contribution in [3.05, 3.63) is 0 Å². The highest BCUT2D eigenvalue weighted by atomic mass is 32.2. The molecule has 2 saturated heterocycles. The van der Waals surface area contributed by atoms with Crippen LogP contribution >= 0.6 is 0 Å². The molecule has 0 radical (unpaired) electrons. The average Bonchev–Trinajstić information content (AvgIpc) is 2.63. The summed E-state index contributed by atoms with van der Waals surface area (Å²) in [5.74, 6) is 1.77. The lowest BCUT2D eigenvalue weighted by Crippen LogP contribution is -2.47. The quantitative estimate of drug-likeness (QED) is 0.511. The van der Waals surface area contributed by atoms with Crippen LogP contribution in [-0.2, 0) is 14.8 Å². The molecule has 2 unspecified atom stereocenters. The van der Waals surface area contributed by atoms with Gasteiger partial charge in [-0.15, -0.1) is 0 Å². The molecule has 2 N–H and O–H groups in total. The zero-order chi connectivity index (χ0) is 20.8. The predicted octanol–water partition coefficient (Wildman–Crippen LogP) is 2.05. The maximum atomic E-state index is 11.6. The lowest BCUT2D eigenvalue weighted by Gasteiger charge is -2.40. The number of aliphatic imine (C=N–C) groups is 1. The Hall–Kier alpha value is -0.860. The number of guanidine groups is 1. The maximum absolute atomic E-state index is 11.6. The molecule has 28 heavy (non-hydrogen) atoms. The number of hydrogen-bond acceptors (Lipinski definition) is 4. The van der Waals surface area contributed by atoms with Crippen LogP contribution in [0.3, 0.4) is 0 Å². The fraction of sp³-hybridized carbons (Fsp3) is 0.950. The van der Waals surface area contributed by atoms with Gasteiger partial charge in [-0.25, -0.2) is 12.7 Å². The summed E-state index contributed by atoms with van der Waals surface area (Å²) in [6.45, 7) is 13.3. The first-order chi connectivity index (χ1) is 13.1. The third-order valence-corrected chi connectivity index (χ3v) is 7.03. The number of nitrogens with one attached hydrogen (secondary N) is 2. The van der Waals surface area contributed by atoms with Gasteiger partial charge in [-0.1, -0.05) is 20.8 Å². The van der Waals surface area contributed by atoms with Gasteiger partial charge in [0, 0.05) is 45.2 Å². The standard InChI is InChI=1S/C20H40N4O3S/c1-6-21-19(22-14-16-9-11-24(12-10-16)28(5,25)26)23-15-17-8-7-13-27-18(17)20(2,3)4/h16-18H,6-15H2,1-5H3,(H2,21,22,23). The minimum Gasteiger partial charge on any atom is -0.377 e. The lowest BCUT2D eigenvalue weighted by molar-refractivity contribution is -0.0835. The van der Waals surface area contributed by atoms with E-state index >= 15 is 0 Å². The topological polar surface area (TPSA) is 83.0 Å². The summed E-state index contributed by atoms with van der Waals surface area (Å²) in [6.07, 6.45) is 5.59. The van der Waals surface area contributed by atoms with Crippen molar-refractivity contribution in [3.63, 3.8) is 0 Å². The van der Waals surface area contributed by atoms with Gasteiger partial charge >= 0.3 is 0 Å². The van der Waals surface area contributed by atoms with Gasteiger partial charge in [-0.3, -0.25) is 4.99 Å². The second-order valence-electron chi connectivity index (χ2n) is 9.27. The van der Waals surface area contributed by atoms with E-state index in [1.165, 1.54) is 12.7 Å². The summed E-state index contributed by atoms with van der Waals surface area (Å²) in [6, 6.07) is 0. The van der Waals surface area contributed by atoms with Crippen molar-refractivity contribution in [2.24, 2.45) is 22.2 Å². The van der Waals surface area contributed by atoms with Crippen molar-refractivity contribution in [1.29, 1.82) is 0 Å². The highest BCUT2D eigenvalue weighted by Crippen LogP contribution is 2.33. The van der Waals surface area contributed by atoms with Gasteiger partial charge in [-0.05, 0) is 43.9 Å². The van der Waals surface area contributed by atoms with Crippen LogP contribution in [0.1, 0.15) is 53.4 Å². The largest absolute Gasteiger partial charge is 0.377 e. The molecule has 0 aliphatic carbocycles. The third kappa shape index (κ3) is 7.19. The van der Waals surface area contributed by atoms with Crippen molar-refractivity contribution in [2.45, 2.75) is 59.5 Å². The number of nitrogens with zero attached hydrogens (tertiary/aromatic N) is 2. The monoisotopic (exact) mass is 416 g/mol. The Balaban J connectivity index is 1.87. The first kappa shape index (κ1) is 23.4. The second kappa shape index (κ2) is 10.3. The molecule has 0 spiro atoms. The van der Waals surface area contributed by atoms with Crippen LogP contribution in [0.5, 0.6) is 0 Å². The predicted molar refractivity (Wildman–Crippen MR) is 115 cm³/mol. The summed E-state index contributed by atoms with van der Waals surface area (Å²) in [4.78, 5) is 4.78. The molecule has 2 atom stereocenters. The zero-order valence-corrected chi connectivity index (χ0v) is 19.1. The Labute approximate surface area is 171 Å². The van der Waals surface area contributed by atoms with Crippen molar-refractivity contribution in [3.8, 4) is 0 Å². The van der Waals surface area contributed by atoms with Crippen molar-refractivity contribution >= 4 is 16.0 Å². The molecular weight excluding hydrogens is 376 g/mol. The molecule has 0 aromatic carbocycles. The zero-order valence-electron chi connectivity index (χ0n) is 18.3. The van der Waals surface area contributed by atoms with Crippen LogP contribution in [0.15, 0.2) is 4.99 Å². The molecule has 0 aromatic rings. The van der Waals surface area contributed by atoms with Crippen LogP contribution in [-0.4, -0.2) is 70.4 Å². The smallest absolute Gasteiger partial charge is 0.211 e. The van der Waals surface area contributed by atoms with E-state index in [0.717, 1.165) is 51.5 Å². The molecule has 0 saturated carbocycles. The maximum Gasteiger partial charge on any atom is 0.211 e. The molecule has 2 aliphatic heterocycles.